The molecule has 0 saturated carbocycles. The highest BCUT2D eigenvalue weighted by atomic mass is 16.5. The second-order valence-corrected chi connectivity index (χ2v) is 5.61. The van der Waals surface area contributed by atoms with Gasteiger partial charge in [0, 0.05) is 10.9 Å². The summed E-state index contributed by atoms with van der Waals surface area (Å²) < 4.78 is 5.23. The molecule has 0 aliphatic rings. The van der Waals surface area contributed by atoms with Gasteiger partial charge in [-0.25, -0.2) is 15.0 Å². The van der Waals surface area contributed by atoms with E-state index >= 15 is 0 Å². The van der Waals surface area contributed by atoms with Crippen LogP contribution in [0.4, 0.5) is 11.9 Å². The molecule has 7 heteroatoms. The molecule has 0 bridgehead atoms. The number of fused-ring (bicyclic) bond motifs is 1. The number of hydrogen-bond acceptors (Lipinski definition) is 6. The number of aromatic nitrogens is 4. The van der Waals surface area contributed by atoms with Crippen molar-refractivity contribution in [1.82, 2.24) is 19.9 Å². The Hall–Kier alpha value is -3.22. The van der Waals surface area contributed by atoms with Gasteiger partial charge in [0.25, 0.3) is 5.56 Å². The summed E-state index contributed by atoms with van der Waals surface area (Å²) in [7, 11) is 1.62. The largest absolute Gasteiger partial charge is 0.497 e. The van der Waals surface area contributed by atoms with Crippen molar-refractivity contribution in [3.8, 4) is 5.75 Å². The van der Waals surface area contributed by atoms with Crippen molar-refractivity contribution in [3.63, 3.8) is 0 Å². The van der Waals surface area contributed by atoms with Crippen LogP contribution in [-0.4, -0.2) is 27.0 Å². The minimum Gasteiger partial charge on any atom is -0.497 e. The third-order valence-corrected chi connectivity index (χ3v) is 3.89. The Bertz CT molecular complexity index is 1010. The first-order valence-corrected chi connectivity index (χ1v) is 7.82. The van der Waals surface area contributed by atoms with Gasteiger partial charge in [0.2, 0.25) is 11.9 Å². The van der Waals surface area contributed by atoms with Gasteiger partial charge in [0.05, 0.1) is 24.0 Å². The number of ether oxygens (including phenoxy) is 1. The van der Waals surface area contributed by atoms with Gasteiger partial charge in [0.15, 0.2) is 0 Å². The average Bonchev–Trinajstić information content (AvgIpc) is 2.58. The summed E-state index contributed by atoms with van der Waals surface area (Å²) in [6.07, 6.45) is 2.15. The minimum atomic E-state index is -0.197. The number of allylic oxidation sites excluding steroid dienone is 1. The number of anilines is 2. The van der Waals surface area contributed by atoms with E-state index in [0.717, 1.165) is 22.3 Å². The summed E-state index contributed by atoms with van der Waals surface area (Å²) in [6, 6.07) is 5.60. The van der Waals surface area contributed by atoms with Crippen molar-refractivity contribution in [2.24, 2.45) is 0 Å². The van der Waals surface area contributed by atoms with Crippen LogP contribution in [0.15, 0.2) is 35.6 Å². The molecule has 1 aromatic carbocycles. The van der Waals surface area contributed by atoms with Crippen LogP contribution in [0.25, 0.3) is 10.9 Å². The molecule has 0 aliphatic carbocycles. The zero-order chi connectivity index (χ0) is 18.0. The second-order valence-electron chi connectivity index (χ2n) is 5.61. The van der Waals surface area contributed by atoms with Gasteiger partial charge in [-0.2, -0.15) is 0 Å². The molecule has 3 rings (SSSR count). The smallest absolute Gasteiger partial charge is 0.256 e. The summed E-state index contributed by atoms with van der Waals surface area (Å²) in [5.74, 6) is 1.43. The van der Waals surface area contributed by atoms with E-state index in [0.29, 0.717) is 29.6 Å². The maximum Gasteiger partial charge on any atom is 0.256 e. The maximum absolute atomic E-state index is 12.2. The molecule has 2 heterocycles. The van der Waals surface area contributed by atoms with Crippen molar-refractivity contribution in [3.05, 3.63) is 58.2 Å². The lowest BCUT2D eigenvalue weighted by atomic mass is 10.2. The van der Waals surface area contributed by atoms with E-state index in [-0.39, 0.29) is 5.56 Å². The van der Waals surface area contributed by atoms with Crippen molar-refractivity contribution in [2.45, 2.75) is 20.3 Å². The number of H-pyrrole nitrogens is 1. The monoisotopic (exact) mass is 337 g/mol. The number of hydrogen-bond donors (Lipinski definition) is 2. The van der Waals surface area contributed by atoms with Crippen LogP contribution >= 0.6 is 0 Å². The fourth-order valence-electron chi connectivity index (χ4n) is 2.60. The summed E-state index contributed by atoms with van der Waals surface area (Å²) in [4.78, 5) is 28.1. The molecule has 2 aromatic heterocycles. The van der Waals surface area contributed by atoms with Crippen LogP contribution in [0.3, 0.4) is 0 Å². The van der Waals surface area contributed by atoms with Gasteiger partial charge in [-0.05, 0) is 38.5 Å². The number of rotatable bonds is 5. The van der Waals surface area contributed by atoms with Crippen LogP contribution in [0.1, 0.15) is 17.0 Å². The van der Waals surface area contributed by atoms with Crippen molar-refractivity contribution in [2.75, 3.05) is 12.4 Å². The molecule has 2 N–H and O–H groups in total. The highest BCUT2D eigenvalue weighted by molar-refractivity contribution is 5.83. The van der Waals surface area contributed by atoms with Crippen LogP contribution in [-0.2, 0) is 6.42 Å². The fourth-order valence-corrected chi connectivity index (χ4v) is 2.60. The molecule has 7 nitrogen and oxygen atoms in total. The highest BCUT2D eigenvalue weighted by Gasteiger charge is 2.10. The standard InChI is InChI=1S/C18H19N5O2/c1-5-6-13-10(2)19-18(22-16(13)24)23-17-20-11(3)14-9-12(25-4)7-8-15(14)21-17/h5,7-9H,1,6H2,2-4H3,(H2,19,20,21,22,23,24). The Labute approximate surface area is 144 Å². The van der Waals surface area contributed by atoms with Crippen LogP contribution in [0, 0.1) is 13.8 Å². The Morgan fingerprint density at radius 2 is 2.04 bits per heavy atom. The summed E-state index contributed by atoms with van der Waals surface area (Å²) in [5.41, 5.74) is 2.63. The summed E-state index contributed by atoms with van der Waals surface area (Å²) >= 11 is 0. The predicted octanol–water partition coefficient (Wildman–Crippen LogP) is 2.81. The van der Waals surface area contributed by atoms with Gasteiger partial charge in [-0.15, -0.1) is 6.58 Å². The zero-order valence-electron chi connectivity index (χ0n) is 14.4. The van der Waals surface area contributed by atoms with E-state index in [9.17, 15) is 4.79 Å². The van der Waals surface area contributed by atoms with Gasteiger partial charge in [-0.3, -0.25) is 15.1 Å². The number of aryl methyl sites for hydroxylation is 2. The molecule has 0 amide bonds. The molecule has 0 fully saturated rings. The maximum atomic E-state index is 12.2. The Morgan fingerprint density at radius 3 is 2.72 bits per heavy atom. The lowest BCUT2D eigenvalue weighted by Gasteiger charge is -2.10. The van der Waals surface area contributed by atoms with E-state index in [1.807, 2.05) is 25.1 Å². The predicted molar refractivity (Wildman–Crippen MR) is 97.6 cm³/mol. The lowest BCUT2D eigenvalue weighted by molar-refractivity contribution is 0.415. The topological polar surface area (TPSA) is 92.8 Å². The normalized spacial score (nSPS) is 10.7. The molecule has 128 valence electrons. The lowest BCUT2D eigenvalue weighted by Crippen LogP contribution is -2.18. The molecule has 0 atom stereocenters. The molecule has 0 spiro atoms. The Kier molecular flexibility index (Phi) is 4.47. The van der Waals surface area contributed by atoms with E-state index in [2.05, 4.69) is 31.8 Å². The molecule has 0 radical (unpaired) electrons. The average molecular weight is 337 g/mol. The van der Waals surface area contributed by atoms with E-state index in [4.69, 9.17) is 4.74 Å². The molecular formula is C18H19N5O2. The second kappa shape index (κ2) is 6.72. The van der Waals surface area contributed by atoms with Crippen molar-refractivity contribution in [1.29, 1.82) is 0 Å². The van der Waals surface area contributed by atoms with Crippen molar-refractivity contribution < 1.29 is 4.74 Å². The first kappa shape index (κ1) is 16.6. The number of benzene rings is 1. The molecule has 3 aromatic rings. The van der Waals surface area contributed by atoms with Crippen molar-refractivity contribution >= 4 is 22.8 Å². The minimum absolute atomic E-state index is 0.197. The Morgan fingerprint density at radius 1 is 1.24 bits per heavy atom. The molecular weight excluding hydrogens is 318 g/mol. The number of nitrogens with one attached hydrogen (secondary N) is 2. The summed E-state index contributed by atoms with van der Waals surface area (Å²) in [6.45, 7) is 7.34. The van der Waals surface area contributed by atoms with E-state index < -0.39 is 0 Å². The molecule has 0 saturated heterocycles. The zero-order valence-corrected chi connectivity index (χ0v) is 14.4. The van der Waals surface area contributed by atoms with Gasteiger partial charge in [-0.1, -0.05) is 6.08 Å². The molecule has 0 aliphatic heterocycles. The number of aromatic amines is 1. The van der Waals surface area contributed by atoms with Gasteiger partial charge >= 0.3 is 0 Å². The van der Waals surface area contributed by atoms with Gasteiger partial charge in [0.1, 0.15) is 5.75 Å². The van der Waals surface area contributed by atoms with Crippen LogP contribution in [0.2, 0.25) is 0 Å². The highest BCUT2D eigenvalue weighted by Crippen LogP contribution is 2.23. The Balaban J connectivity index is 1.98. The number of methoxy groups -OCH3 is 1. The number of nitrogens with zero attached hydrogens (tertiary/aromatic N) is 3. The van der Waals surface area contributed by atoms with Crippen LogP contribution < -0.4 is 15.6 Å². The quantitative estimate of drug-likeness (QED) is 0.696. The third-order valence-electron chi connectivity index (χ3n) is 3.89. The molecule has 25 heavy (non-hydrogen) atoms. The van der Waals surface area contributed by atoms with E-state index in [1.54, 1.807) is 20.1 Å². The third kappa shape index (κ3) is 3.35. The van der Waals surface area contributed by atoms with Crippen LogP contribution in [0.5, 0.6) is 5.75 Å². The first-order chi connectivity index (χ1) is 12.0. The fraction of sp³-hybridized carbons (Fsp3) is 0.222. The summed E-state index contributed by atoms with van der Waals surface area (Å²) in [5, 5.41) is 3.88. The first-order valence-electron chi connectivity index (χ1n) is 7.82. The molecule has 0 unspecified atom stereocenters. The van der Waals surface area contributed by atoms with E-state index in [1.165, 1.54) is 0 Å². The SMILES string of the molecule is C=CCc1c(C)nc(Nc2nc(C)c3cc(OC)ccc3n2)[nH]c1=O. The van der Waals surface area contributed by atoms with Gasteiger partial charge < -0.3 is 4.74 Å².